The molecule has 0 atom stereocenters. The molecule has 0 aliphatic heterocycles. The molecule has 0 radical (unpaired) electrons. The lowest BCUT2D eigenvalue weighted by Gasteiger charge is -2.07. The Morgan fingerprint density at radius 2 is 2.07 bits per heavy atom. The first-order chi connectivity index (χ1) is 6.74. The molecule has 74 valence electrons. The molecule has 0 spiro atoms. The van der Waals surface area contributed by atoms with Crippen LogP contribution in [0.1, 0.15) is 13.3 Å². The van der Waals surface area contributed by atoms with E-state index in [4.69, 9.17) is 0 Å². The zero-order chi connectivity index (χ0) is 10.4. The number of benzene rings is 1. The number of hydrogen-bond donors (Lipinski definition) is 0. The molecule has 2 nitrogen and oxygen atoms in total. The summed E-state index contributed by atoms with van der Waals surface area (Å²) in [5, 5.41) is 10.7. The van der Waals surface area contributed by atoms with Gasteiger partial charge in [-0.3, -0.25) is 0 Å². The third-order valence-electron chi connectivity index (χ3n) is 1.56. The summed E-state index contributed by atoms with van der Waals surface area (Å²) in [7, 11) is 0. The Bertz CT molecular complexity index is 330. The van der Waals surface area contributed by atoms with Crippen molar-refractivity contribution in [2.45, 2.75) is 18.2 Å². The van der Waals surface area contributed by atoms with Gasteiger partial charge in [-0.05, 0) is 18.6 Å². The van der Waals surface area contributed by atoms with Crippen molar-refractivity contribution in [1.82, 2.24) is 0 Å². The van der Waals surface area contributed by atoms with Gasteiger partial charge in [-0.1, -0.05) is 43.0 Å². The maximum Gasteiger partial charge on any atom is 0.0779 e. The van der Waals surface area contributed by atoms with Crippen LogP contribution in [0.25, 0.3) is 0 Å². The minimum atomic E-state index is -1.11. The summed E-state index contributed by atoms with van der Waals surface area (Å²) < 4.78 is 0. The van der Waals surface area contributed by atoms with Crippen LogP contribution >= 0.6 is 11.8 Å². The summed E-state index contributed by atoms with van der Waals surface area (Å²) in [6, 6.07) is 9.39. The van der Waals surface area contributed by atoms with Crippen molar-refractivity contribution in [2.75, 3.05) is 0 Å². The zero-order valence-corrected chi connectivity index (χ0v) is 8.71. The van der Waals surface area contributed by atoms with E-state index >= 15 is 0 Å². The van der Waals surface area contributed by atoms with Crippen LogP contribution in [0.15, 0.2) is 46.2 Å². The van der Waals surface area contributed by atoms with Crippen LogP contribution in [0.2, 0.25) is 0 Å². The zero-order valence-electron chi connectivity index (χ0n) is 7.90. The van der Waals surface area contributed by atoms with Crippen LogP contribution in [0.3, 0.4) is 0 Å². The summed E-state index contributed by atoms with van der Waals surface area (Å²) in [5.41, 5.74) is 0. The number of aliphatic carboxylic acids is 1. The number of carbonyl (C=O) groups excluding carboxylic acids is 1. The molecule has 0 bridgehead atoms. The minimum absolute atomic E-state index is 0.277. The molecular weight excluding hydrogens is 196 g/mol. The average Bonchev–Trinajstić information content (AvgIpc) is 2.18. The second-order valence-corrected chi connectivity index (χ2v) is 3.79. The van der Waals surface area contributed by atoms with Gasteiger partial charge < -0.3 is 9.90 Å². The summed E-state index contributed by atoms with van der Waals surface area (Å²) in [5.74, 6) is -1.11. The fourth-order valence-corrected chi connectivity index (χ4v) is 1.85. The fourth-order valence-electron chi connectivity index (χ4n) is 0.968. The molecule has 14 heavy (non-hydrogen) atoms. The Kier molecular flexibility index (Phi) is 4.26. The van der Waals surface area contributed by atoms with E-state index in [0.717, 1.165) is 4.90 Å². The van der Waals surface area contributed by atoms with Crippen molar-refractivity contribution in [2.24, 2.45) is 0 Å². The van der Waals surface area contributed by atoms with Crippen molar-refractivity contribution >= 4 is 17.7 Å². The number of carbonyl (C=O) groups is 1. The predicted octanol–water partition coefficient (Wildman–Crippen LogP) is 1.82. The first-order valence-corrected chi connectivity index (χ1v) is 5.20. The largest absolute Gasteiger partial charge is 0.544 e. The van der Waals surface area contributed by atoms with E-state index in [1.807, 2.05) is 37.3 Å². The highest BCUT2D eigenvalue weighted by Gasteiger charge is 2.00. The SMILES string of the molecule is CC/C=C(/Sc1ccccc1)C(=O)[O-]. The monoisotopic (exact) mass is 207 g/mol. The van der Waals surface area contributed by atoms with E-state index in [0.29, 0.717) is 6.42 Å². The predicted molar refractivity (Wildman–Crippen MR) is 55.7 cm³/mol. The summed E-state index contributed by atoms with van der Waals surface area (Å²) in [6.45, 7) is 1.90. The lowest BCUT2D eigenvalue weighted by molar-refractivity contribution is -0.298. The standard InChI is InChI=1S/C11H12O2S/c1-2-6-10(11(12)13)14-9-7-4-3-5-8-9/h3-8H,2H2,1H3,(H,12,13)/p-1/b10-6+. The van der Waals surface area contributed by atoms with E-state index in [1.165, 1.54) is 11.8 Å². The molecule has 0 unspecified atom stereocenters. The minimum Gasteiger partial charge on any atom is -0.544 e. The smallest absolute Gasteiger partial charge is 0.0779 e. The Labute approximate surface area is 87.6 Å². The van der Waals surface area contributed by atoms with Gasteiger partial charge >= 0.3 is 0 Å². The number of allylic oxidation sites excluding steroid dienone is 1. The lowest BCUT2D eigenvalue weighted by Crippen LogP contribution is -2.23. The Morgan fingerprint density at radius 1 is 1.43 bits per heavy atom. The quantitative estimate of drug-likeness (QED) is 0.558. The molecule has 0 aliphatic carbocycles. The van der Waals surface area contributed by atoms with Crippen molar-refractivity contribution in [3.05, 3.63) is 41.3 Å². The van der Waals surface area contributed by atoms with Crippen LogP contribution in [-0.2, 0) is 4.79 Å². The first kappa shape index (κ1) is 10.9. The summed E-state index contributed by atoms with van der Waals surface area (Å²) in [6.07, 6.45) is 2.36. The van der Waals surface area contributed by atoms with Gasteiger partial charge in [-0.2, -0.15) is 0 Å². The van der Waals surface area contributed by atoms with Crippen molar-refractivity contribution in [3.63, 3.8) is 0 Å². The Morgan fingerprint density at radius 3 is 2.57 bits per heavy atom. The van der Waals surface area contributed by atoms with Crippen LogP contribution in [0.4, 0.5) is 0 Å². The number of hydrogen-bond acceptors (Lipinski definition) is 3. The molecule has 0 N–H and O–H groups in total. The normalized spacial score (nSPS) is 11.4. The van der Waals surface area contributed by atoms with Crippen LogP contribution in [-0.4, -0.2) is 5.97 Å². The van der Waals surface area contributed by atoms with Crippen LogP contribution in [0.5, 0.6) is 0 Å². The molecule has 3 heteroatoms. The highest BCUT2D eigenvalue weighted by Crippen LogP contribution is 2.25. The molecule has 0 amide bonds. The van der Waals surface area contributed by atoms with Crippen LogP contribution in [0, 0.1) is 0 Å². The molecular formula is C11H11O2S-. The number of carboxylic acids is 1. The first-order valence-electron chi connectivity index (χ1n) is 4.38. The fraction of sp³-hybridized carbons (Fsp3) is 0.182. The lowest BCUT2D eigenvalue weighted by atomic mass is 10.4. The van der Waals surface area contributed by atoms with Gasteiger partial charge in [0.1, 0.15) is 0 Å². The average molecular weight is 207 g/mol. The van der Waals surface area contributed by atoms with Gasteiger partial charge in [0, 0.05) is 9.80 Å². The van der Waals surface area contributed by atoms with E-state index in [-0.39, 0.29) is 4.91 Å². The Balaban J connectivity index is 2.76. The van der Waals surface area contributed by atoms with Gasteiger partial charge in [0.2, 0.25) is 0 Å². The molecule has 1 rings (SSSR count). The molecule has 0 fully saturated rings. The van der Waals surface area contributed by atoms with E-state index in [1.54, 1.807) is 6.08 Å². The van der Waals surface area contributed by atoms with E-state index in [9.17, 15) is 9.90 Å². The molecule has 0 saturated heterocycles. The second-order valence-electron chi connectivity index (χ2n) is 2.68. The molecule has 1 aromatic rings. The van der Waals surface area contributed by atoms with E-state index in [2.05, 4.69) is 0 Å². The maximum absolute atomic E-state index is 10.7. The molecule has 0 aliphatic rings. The molecule has 0 heterocycles. The van der Waals surface area contributed by atoms with Gasteiger partial charge in [0.15, 0.2) is 0 Å². The number of thioether (sulfide) groups is 1. The highest BCUT2D eigenvalue weighted by atomic mass is 32.2. The van der Waals surface area contributed by atoms with Crippen molar-refractivity contribution in [1.29, 1.82) is 0 Å². The number of carboxylic acid groups (broad SMARTS) is 1. The highest BCUT2D eigenvalue weighted by molar-refractivity contribution is 8.04. The third-order valence-corrected chi connectivity index (χ3v) is 2.62. The van der Waals surface area contributed by atoms with Crippen LogP contribution < -0.4 is 5.11 Å². The Hall–Kier alpha value is -1.22. The molecule has 0 aromatic heterocycles. The maximum atomic E-state index is 10.7. The van der Waals surface area contributed by atoms with Gasteiger partial charge in [-0.25, -0.2) is 0 Å². The van der Waals surface area contributed by atoms with Crippen molar-refractivity contribution in [3.8, 4) is 0 Å². The second kappa shape index (κ2) is 5.50. The topological polar surface area (TPSA) is 40.1 Å². The summed E-state index contributed by atoms with van der Waals surface area (Å²) >= 11 is 1.22. The van der Waals surface area contributed by atoms with Gasteiger partial charge in [0.05, 0.1) is 5.97 Å². The van der Waals surface area contributed by atoms with Crippen molar-refractivity contribution < 1.29 is 9.90 Å². The summed E-state index contributed by atoms with van der Waals surface area (Å²) in [4.78, 5) is 11.9. The van der Waals surface area contributed by atoms with E-state index < -0.39 is 5.97 Å². The molecule has 1 aromatic carbocycles. The molecule has 0 saturated carbocycles. The van der Waals surface area contributed by atoms with Gasteiger partial charge in [0.25, 0.3) is 0 Å². The number of rotatable bonds is 4. The van der Waals surface area contributed by atoms with Gasteiger partial charge in [-0.15, -0.1) is 0 Å². The third kappa shape index (κ3) is 3.26.